The van der Waals surface area contributed by atoms with Gasteiger partial charge in [-0.2, -0.15) is 0 Å². The highest BCUT2D eigenvalue weighted by Gasteiger charge is 2.27. The molecule has 0 aromatic rings. The van der Waals surface area contributed by atoms with Gasteiger partial charge in [0, 0.05) is 26.2 Å². The van der Waals surface area contributed by atoms with E-state index in [9.17, 15) is 9.59 Å². The van der Waals surface area contributed by atoms with Gasteiger partial charge < -0.3 is 20.3 Å². The Morgan fingerprint density at radius 2 is 1.86 bits per heavy atom. The van der Waals surface area contributed by atoms with Gasteiger partial charge in [0.1, 0.15) is 5.60 Å². The first-order valence-electron chi connectivity index (χ1n) is 7.72. The molecule has 6 heteroatoms. The number of hydrogen-bond acceptors (Lipinski definition) is 4. The zero-order chi connectivity index (χ0) is 16.0. The lowest BCUT2D eigenvalue weighted by Gasteiger charge is -2.35. The molecule has 0 unspecified atom stereocenters. The average molecular weight is 299 g/mol. The summed E-state index contributed by atoms with van der Waals surface area (Å²) in [6, 6.07) is 0. The van der Waals surface area contributed by atoms with Crippen molar-refractivity contribution in [1.82, 2.24) is 9.80 Å². The maximum absolute atomic E-state index is 12.1. The van der Waals surface area contributed by atoms with Crippen LogP contribution in [-0.2, 0) is 9.53 Å². The van der Waals surface area contributed by atoms with Crippen LogP contribution in [-0.4, -0.2) is 60.1 Å². The Morgan fingerprint density at radius 3 is 2.29 bits per heavy atom. The van der Waals surface area contributed by atoms with Crippen molar-refractivity contribution < 1.29 is 14.3 Å². The average Bonchev–Trinajstić information content (AvgIpc) is 2.42. The fraction of sp³-hybridized carbons (Fsp3) is 0.867. The standard InChI is InChI=1S/C15H29N3O3/c1-5-17(14(20)21-15(2,3)4)11-12-6-8-18(9-7-12)13(19)10-16/h12H,5-11,16H2,1-4H3. The van der Waals surface area contributed by atoms with Gasteiger partial charge in [-0.1, -0.05) is 0 Å². The van der Waals surface area contributed by atoms with Crippen molar-refractivity contribution in [2.45, 2.75) is 46.1 Å². The first-order valence-corrected chi connectivity index (χ1v) is 7.72. The lowest BCUT2D eigenvalue weighted by atomic mass is 9.96. The summed E-state index contributed by atoms with van der Waals surface area (Å²) in [7, 11) is 0. The molecule has 0 bridgehead atoms. The van der Waals surface area contributed by atoms with Gasteiger partial charge in [0.2, 0.25) is 5.91 Å². The number of ether oxygens (including phenoxy) is 1. The second kappa shape index (κ2) is 7.64. The van der Waals surface area contributed by atoms with Crippen LogP contribution in [0.5, 0.6) is 0 Å². The smallest absolute Gasteiger partial charge is 0.410 e. The summed E-state index contributed by atoms with van der Waals surface area (Å²) >= 11 is 0. The van der Waals surface area contributed by atoms with Gasteiger partial charge in [-0.15, -0.1) is 0 Å². The molecule has 1 rings (SSSR count). The number of carbonyl (C=O) groups is 2. The predicted molar refractivity (Wildman–Crippen MR) is 81.8 cm³/mol. The minimum absolute atomic E-state index is 0.00735. The summed E-state index contributed by atoms with van der Waals surface area (Å²) in [6.45, 7) is 10.4. The van der Waals surface area contributed by atoms with Crippen molar-refractivity contribution in [2.75, 3.05) is 32.7 Å². The second-order valence-corrected chi connectivity index (χ2v) is 6.55. The van der Waals surface area contributed by atoms with Crippen molar-refractivity contribution in [3.05, 3.63) is 0 Å². The largest absolute Gasteiger partial charge is 0.444 e. The summed E-state index contributed by atoms with van der Waals surface area (Å²) in [4.78, 5) is 27.2. The molecular formula is C15H29N3O3. The molecule has 1 aliphatic heterocycles. The third kappa shape index (κ3) is 5.91. The van der Waals surface area contributed by atoms with Crippen LogP contribution in [0.1, 0.15) is 40.5 Å². The van der Waals surface area contributed by atoms with Gasteiger partial charge in [0.25, 0.3) is 0 Å². The minimum atomic E-state index is -0.471. The van der Waals surface area contributed by atoms with E-state index in [1.54, 1.807) is 9.80 Å². The molecule has 0 aromatic heterocycles. The van der Waals surface area contributed by atoms with Crippen LogP contribution in [0.25, 0.3) is 0 Å². The molecule has 0 aromatic carbocycles. The first kappa shape index (κ1) is 17.8. The maximum atomic E-state index is 12.1. The van der Waals surface area contributed by atoms with Crippen LogP contribution < -0.4 is 5.73 Å². The summed E-state index contributed by atoms with van der Waals surface area (Å²) in [6.07, 6.45) is 1.56. The second-order valence-electron chi connectivity index (χ2n) is 6.55. The Morgan fingerprint density at radius 1 is 1.29 bits per heavy atom. The van der Waals surface area contributed by atoms with Crippen LogP contribution in [0.15, 0.2) is 0 Å². The van der Waals surface area contributed by atoms with Crippen molar-refractivity contribution in [3.8, 4) is 0 Å². The Labute approximate surface area is 127 Å². The van der Waals surface area contributed by atoms with E-state index in [0.29, 0.717) is 19.0 Å². The van der Waals surface area contributed by atoms with Crippen molar-refractivity contribution in [3.63, 3.8) is 0 Å². The van der Waals surface area contributed by atoms with Gasteiger partial charge in [0.05, 0.1) is 6.54 Å². The SMILES string of the molecule is CCN(CC1CCN(C(=O)CN)CC1)C(=O)OC(C)(C)C. The monoisotopic (exact) mass is 299 g/mol. The summed E-state index contributed by atoms with van der Waals surface area (Å²) in [5, 5.41) is 0. The number of likely N-dealkylation sites (tertiary alicyclic amines) is 1. The third-order valence-electron chi connectivity index (χ3n) is 3.65. The van der Waals surface area contributed by atoms with E-state index >= 15 is 0 Å². The molecule has 1 heterocycles. The lowest BCUT2D eigenvalue weighted by molar-refractivity contribution is -0.131. The zero-order valence-electron chi connectivity index (χ0n) is 13.7. The molecule has 0 saturated carbocycles. The molecule has 21 heavy (non-hydrogen) atoms. The fourth-order valence-corrected chi connectivity index (χ4v) is 2.46. The summed E-state index contributed by atoms with van der Waals surface area (Å²) in [5.74, 6) is 0.423. The fourth-order valence-electron chi connectivity index (χ4n) is 2.46. The number of amides is 2. The highest BCUT2D eigenvalue weighted by atomic mass is 16.6. The van der Waals surface area contributed by atoms with E-state index in [4.69, 9.17) is 10.5 Å². The van der Waals surface area contributed by atoms with Crippen LogP contribution in [0.3, 0.4) is 0 Å². The van der Waals surface area contributed by atoms with E-state index in [1.165, 1.54) is 0 Å². The van der Waals surface area contributed by atoms with E-state index in [1.807, 2.05) is 27.7 Å². The Bertz CT molecular complexity index is 358. The van der Waals surface area contributed by atoms with Crippen LogP contribution in [0.2, 0.25) is 0 Å². The van der Waals surface area contributed by atoms with E-state index in [-0.39, 0.29) is 18.5 Å². The number of hydrogen-bond donors (Lipinski definition) is 1. The van der Waals surface area contributed by atoms with E-state index in [0.717, 1.165) is 25.9 Å². The normalized spacial score (nSPS) is 16.7. The topological polar surface area (TPSA) is 75.9 Å². The number of nitrogens with two attached hydrogens (primary N) is 1. The number of piperidine rings is 1. The molecule has 0 atom stereocenters. The molecule has 1 aliphatic rings. The van der Waals surface area contributed by atoms with Crippen LogP contribution in [0.4, 0.5) is 4.79 Å². The van der Waals surface area contributed by atoms with Gasteiger partial charge in [-0.25, -0.2) is 4.79 Å². The number of nitrogens with zero attached hydrogens (tertiary/aromatic N) is 2. The number of carbonyl (C=O) groups excluding carboxylic acids is 2. The first-order chi connectivity index (χ1) is 9.76. The molecule has 2 N–H and O–H groups in total. The highest BCUT2D eigenvalue weighted by Crippen LogP contribution is 2.19. The van der Waals surface area contributed by atoms with Crippen molar-refractivity contribution in [2.24, 2.45) is 11.7 Å². The highest BCUT2D eigenvalue weighted by molar-refractivity contribution is 5.78. The van der Waals surface area contributed by atoms with Gasteiger partial charge >= 0.3 is 6.09 Å². The zero-order valence-corrected chi connectivity index (χ0v) is 13.7. The Balaban J connectivity index is 2.45. The molecule has 6 nitrogen and oxygen atoms in total. The predicted octanol–water partition coefficient (Wildman–Crippen LogP) is 1.44. The van der Waals surface area contributed by atoms with Gasteiger partial charge in [0.15, 0.2) is 0 Å². The maximum Gasteiger partial charge on any atom is 0.410 e. The molecule has 1 fully saturated rings. The van der Waals surface area contributed by atoms with Crippen LogP contribution >= 0.6 is 0 Å². The molecular weight excluding hydrogens is 270 g/mol. The van der Waals surface area contributed by atoms with E-state index in [2.05, 4.69) is 0 Å². The van der Waals surface area contributed by atoms with Gasteiger partial charge in [-0.3, -0.25) is 4.79 Å². The van der Waals surface area contributed by atoms with Crippen LogP contribution in [0, 0.1) is 5.92 Å². The molecule has 0 aliphatic carbocycles. The third-order valence-corrected chi connectivity index (χ3v) is 3.65. The summed E-state index contributed by atoms with van der Waals surface area (Å²) in [5.41, 5.74) is 4.91. The molecule has 0 spiro atoms. The molecule has 122 valence electrons. The molecule has 2 amide bonds. The van der Waals surface area contributed by atoms with Crippen molar-refractivity contribution >= 4 is 12.0 Å². The van der Waals surface area contributed by atoms with Gasteiger partial charge in [-0.05, 0) is 46.5 Å². The van der Waals surface area contributed by atoms with Crippen molar-refractivity contribution in [1.29, 1.82) is 0 Å². The minimum Gasteiger partial charge on any atom is -0.444 e. The molecule has 0 radical (unpaired) electrons. The number of rotatable bonds is 4. The summed E-state index contributed by atoms with van der Waals surface area (Å²) < 4.78 is 5.41. The molecule has 1 saturated heterocycles. The quantitative estimate of drug-likeness (QED) is 0.852. The van der Waals surface area contributed by atoms with E-state index < -0.39 is 5.60 Å². The Kier molecular flexibility index (Phi) is 6.45. The Hall–Kier alpha value is -1.30. The lowest BCUT2D eigenvalue weighted by Crippen LogP contribution is -2.45.